The van der Waals surface area contributed by atoms with Gasteiger partial charge in [-0.05, 0) is 43.5 Å². The summed E-state index contributed by atoms with van der Waals surface area (Å²) < 4.78 is 0. The quantitative estimate of drug-likeness (QED) is 0.768. The summed E-state index contributed by atoms with van der Waals surface area (Å²) in [6, 6.07) is 8.59. The zero-order valence-corrected chi connectivity index (χ0v) is 10.8. The number of hydrogen-bond acceptors (Lipinski definition) is 1. The van der Waals surface area contributed by atoms with Crippen molar-refractivity contribution in [1.29, 1.82) is 0 Å². The molecule has 0 saturated carbocycles. The minimum atomic E-state index is 0.738. The summed E-state index contributed by atoms with van der Waals surface area (Å²) in [4.78, 5) is 3.37. The van der Waals surface area contributed by atoms with E-state index in [0.29, 0.717) is 0 Å². The van der Waals surface area contributed by atoms with Crippen molar-refractivity contribution in [3.05, 3.63) is 36.0 Å². The van der Waals surface area contributed by atoms with Crippen LogP contribution in [0.15, 0.2) is 30.5 Å². The summed E-state index contributed by atoms with van der Waals surface area (Å²) in [5.41, 5.74) is 2.78. The van der Waals surface area contributed by atoms with E-state index in [-0.39, 0.29) is 0 Å². The topological polar surface area (TPSA) is 27.8 Å². The standard InChI is InChI=1S/C13H16N2.C2H6/c1-2-4-13-11(3-1)12(9-15-13)10-5-7-14-8-6-10;1-2/h1-4,9-10,14-15H,5-8H2;1-2H3. The molecule has 17 heavy (non-hydrogen) atoms. The number of aromatic nitrogens is 1. The third kappa shape index (κ3) is 2.52. The number of piperidine rings is 1. The molecule has 1 aliphatic heterocycles. The minimum Gasteiger partial charge on any atom is -0.361 e. The Morgan fingerprint density at radius 1 is 1.06 bits per heavy atom. The van der Waals surface area contributed by atoms with E-state index in [9.17, 15) is 0 Å². The lowest BCUT2D eigenvalue weighted by atomic mass is 9.90. The van der Waals surface area contributed by atoms with Gasteiger partial charge in [0.05, 0.1) is 0 Å². The number of aromatic amines is 1. The predicted octanol–water partition coefficient (Wildman–Crippen LogP) is 3.66. The van der Waals surface area contributed by atoms with Gasteiger partial charge in [0.2, 0.25) is 0 Å². The second-order valence-electron chi connectivity index (χ2n) is 4.31. The fraction of sp³-hybridized carbons (Fsp3) is 0.467. The van der Waals surface area contributed by atoms with Gasteiger partial charge in [-0.2, -0.15) is 0 Å². The molecule has 2 heteroatoms. The first-order valence-corrected chi connectivity index (χ1v) is 6.72. The fourth-order valence-electron chi connectivity index (χ4n) is 2.56. The lowest BCUT2D eigenvalue weighted by Crippen LogP contribution is -2.26. The van der Waals surface area contributed by atoms with Crippen LogP contribution in [-0.4, -0.2) is 18.1 Å². The molecule has 2 N–H and O–H groups in total. The Labute approximate surface area is 103 Å². The number of benzene rings is 1. The van der Waals surface area contributed by atoms with Gasteiger partial charge < -0.3 is 10.3 Å². The van der Waals surface area contributed by atoms with Crippen molar-refractivity contribution in [2.24, 2.45) is 0 Å². The highest BCUT2D eigenvalue weighted by Crippen LogP contribution is 2.30. The molecule has 1 saturated heterocycles. The maximum Gasteiger partial charge on any atom is 0.0456 e. The van der Waals surface area contributed by atoms with Crippen molar-refractivity contribution < 1.29 is 0 Å². The lowest BCUT2D eigenvalue weighted by Gasteiger charge is -2.22. The molecule has 0 bridgehead atoms. The van der Waals surface area contributed by atoms with E-state index in [2.05, 4.69) is 40.8 Å². The Morgan fingerprint density at radius 2 is 1.76 bits per heavy atom. The molecule has 2 nitrogen and oxygen atoms in total. The predicted molar refractivity (Wildman–Crippen MR) is 74.5 cm³/mol. The van der Waals surface area contributed by atoms with E-state index in [0.717, 1.165) is 19.0 Å². The summed E-state index contributed by atoms with van der Waals surface area (Å²) in [6.07, 6.45) is 4.73. The highest BCUT2D eigenvalue weighted by molar-refractivity contribution is 5.83. The fourth-order valence-corrected chi connectivity index (χ4v) is 2.56. The molecule has 2 heterocycles. The van der Waals surface area contributed by atoms with Crippen LogP contribution in [0.5, 0.6) is 0 Å². The van der Waals surface area contributed by atoms with Gasteiger partial charge >= 0.3 is 0 Å². The normalized spacial score (nSPS) is 16.6. The van der Waals surface area contributed by atoms with E-state index in [1.54, 1.807) is 0 Å². The molecule has 1 aromatic carbocycles. The molecule has 0 atom stereocenters. The highest BCUT2D eigenvalue weighted by Gasteiger charge is 2.17. The van der Waals surface area contributed by atoms with Crippen LogP contribution >= 0.6 is 0 Å². The molecule has 0 radical (unpaired) electrons. The molecule has 92 valence electrons. The summed E-state index contributed by atoms with van der Waals surface area (Å²) in [5, 5.41) is 4.82. The van der Waals surface area contributed by atoms with Crippen LogP contribution in [0, 0.1) is 0 Å². The molecule has 0 unspecified atom stereocenters. The Morgan fingerprint density at radius 3 is 2.53 bits per heavy atom. The number of fused-ring (bicyclic) bond motifs is 1. The summed E-state index contributed by atoms with van der Waals surface area (Å²) >= 11 is 0. The van der Waals surface area contributed by atoms with E-state index < -0.39 is 0 Å². The van der Waals surface area contributed by atoms with Gasteiger partial charge in [-0.25, -0.2) is 0 Å². The molecule has 1 aromatic heterocycles. The largest absolute Gasteiger partial charge is 0.361 e. The Hall–Kier alpha value is -1.28. The number of nitrogens with one attached hydrogen (secondary N) is 2. The van der Waals surface area contributed by atoms with E-state index >= 15 is 0 Å². The number of para-hydroxylation sites is 1. The average Bonchev–Trinajstić information content (AvgIpc) is 2.86. The van der Waals surface area contributed by atoms with Crippen molar-refractivity contribution in [1.82, 2.24) is 10.3 Å². The van der Waals surface area contributed by atoms with Gasteiger partial charge in [-0.1, -0.05) is 32.0 Å². The van der Waals surface area contributed by atoms with Gasteiger partial charge in [-0.3, -0.25) is 0 Å². The maximum atomic E-state index is 3.41. The van der Waals surface area contributed by atoms with Crippen LogP contribution < -0.4 is 5.32 Å². The third-order valence-corrected chi connectivity index (χ3v) is 3.40. The minimum absolute atomic E-state index is 0.738. The average molecular weight is 230 g/mol. The molecule has 1 aliphatic rings. The first kappa shape index (κ1) is 12.2. The van der Waals surface area contributed by atoms with E-state index in [4.69, 9.17) is 0 Å². The second kappa shape index (κ2) is 5.87. The van der Waals surface area contributed by atoms with Gasteiger partial charge in [-0.15, -0.1) is 0 Å². The number of rotatable bonds is 1. The monoisotopic (exact) mass is 230 g/mol. The SMILES string of the molecule is CC.c1ccc2c(C3CCNCC3)c[nH]c2c1. The molecular weight excluding hydrogens is 208 g/mol. The third-order valence-electron chi connectivity index (χ3n) is 3.40. The van der Waals surface area contributed by atoms with Crippen molar-refractivity contribution in [3.8, 4) is 0 Å². The maximum absolute atomic E-state index is 3.41. The van der Waals surface area contributed by atoms with Gasteiger partial charge in [0.15, 0.2) is 0 Å². The number of hydrogen-bond donors (Lipinski definition) is 2. The Balaban J connectivity index is 0.000000514. The van der Waals surface area contributed by atoms with Crippen LogP contribution in [0.25, 0.3) is 10.9 Å². The van der Waals surface area contributed by atoms with Crippen LogP contribution in [0.4, 0.5) is 0 Å². The van der Waals surface area contributed by atoms with Gasteiger partial charge in [0, 0.05) is 17.1 Å². The molecule has 3 rings (SSSR count). The summed E-state index contributed by atoms with van der Waals surface area (Å²) in [5.74, 6) is 0.738. The summed E-state index contributed by atoms with van der Waals surface area (Å²) in [6.45, 7) is 6.31. The molecular formula is C15H22N2. The van der Waals surface area contributed by atoms with Crippen molar-refractivity contribution in [2.45, 2.75) is 32.6 Å². The first-order valence-electron chi connectivity index (χ1n) is 6.72. The van der Waals surface area contributed by atoms with Gasteiger partial charge in [0.25, 0.3) is 0 Å². The lowest BCUT2D eigenvalue weighted by molar-refractivity contribution is 0.462. The van der Waals surface area contributed by atoms with Crippen molar-refractivity contribution in [2.75, 3.05) is 13.1 Å². The Bertz CT molecular complexity index is 453. The molecule has 2 aromatic rings. The van der Waals surface area contributed by atoms with E-state index in [1.165, 1.54) is 29.3 Å². The zero-order valence-electron chi connectivity index (χ0n) is 10.8. The van der Waals surface area contributed by atoms with Crippen LogP contribution in [-0.2, 0) is 0 Å². The zero-order chi connectivity index (χ0) is 12.1. The van der Waals surface area contributed by atoms with Crippen LogP contribution in [0.2, 0.25) is 0 Å². The molecule has 1 fully saturated rings. The summed E-state index contributed by atoms with van der Waals surface area (Å²) in [7, 11) is 0. The van der Waals surface area contributed by atoms with Gasteiger partial charge in [0.1, 0.15) is 0 Å². The second-order valence-corrected chi connectivity index (χ2v) is 4.31. The highest BCUT2D eigenvalue weighted by atomic mass is 14.9. The first-order chi connectivity index (χ1) is 8.45. The molecule has 0 spiro atoms. The van der Waals surface area contributed by atoms with Crippen LogP contribution in [0.3, 0.4) is 0 Å². The molecule has 0 aliphatic carbocycles. The smallest absolute Gasteiger partial charge is 0.0456 e. The Kier molecular flexibility index (Phi) is 4.21. The van der Waals surface area contributed by atoms with E-state index in [1.807, 2.05) is 13.8 Å². The van der Waals surface area contributed by atoms with Crippen molar-refractivity contribution in [3.63, 3.8) is 0 Å². The number of H-pyrrole nitrogens is 1. The van der Waals surface area contributed by atoms with Crippen LogP contribution in [0.1, 0.15) is 38.2 Å². The van der Waals surface area contributed by atoms with Crippen molar-refractivity contribution >= 4 is 10.9 Å². The molecule has 0 amide bonds.